The lowest BCUT2D eigenvalue weighted by atomic mass is 10.1. The summed E-state index contributed by atoms with van der Waals surface area (Å²) in [5, 5.41) is 10.7. The number of unbranched alkanes of at least 4 members (excludes halogenated alkanes) is 5. The van der Waals surface area contributed by atoms with Crippen molar-refractivity contribution in [2.75, 3.05) is 39.4 Å². The van der Waals surface area contributed by atoms with Crippen molar-refractivity contribution in [3.05, 3.63) is 0 Å². The van der Waals surface area contributed by atoms with Crippen LogP contribution in [0.15, 0.2) is 0 Å². The Morgan fingerprint density at radius 2 is 0.935 bits per heavy atom. The zero-order valence-corrected chi connectivity index (χ0v) is 27.6. The second-order valence-corrected chi connectivity index (χ2v) is 11.0. The fraction of sp³-hybridized carbons (Fsp3) is 0.800. The zero-order chi connectivity index (χ0) is 34.7. The molecule has 46 heavy (non-hydrogen) atoms. The maximum absolute atomic E-state index is 12.8. The first kappa shape index (κ1) is 42.7. The molecular formula is C30H58N8O8. The van der Waals surface area contributed by atoms with Gasteiger partial charge < -0.3 is 53.7 Å². The molecule has 0 aliphatic carbocycles. The van der Waals surface area contributed by atoms with Crippen LogP contribution in [0.4, 0.5) is 0 Å². The highest BCUT2D eigenvalue weighted by atomic mass is 16.5. The average Bonchev–Trinajstić information content (AvgIpc) is 3.04. The minimum Gasteiger partial charge on any atom is -0.466 e. The molecule has 16 heteroatoms. The summed E-state index contributed by atoms with van der Waals surface area (Å²) in [6.07, 6.45) is 6.02. The summed E-state index contributed by atoms with van der Waals surface area (Å²) in [7, 11) is 0. The molecular weight excluding hydrogens is 600 g/mol. The van der Waals surface area contributed by atoms with Crippen LogP contribution < -0.4 is 44.2 Å². The lowest BCUT2D eigenvalue weighted by molar-refractivity contribution is -0.145. The third kappa shape index (κ3) is 20.6. The van der Waals surface area contributed by atoms with Gasteiger partial charge in [-0.15, -0.1) is 0 Å². The molecule has 0 spiro atoms. The largest absolute Gasteiger partial charge is 0.466 e. The van der Waals surface area contributed by atoms with Crippen LogP contribution in [-0.2, 0) is 38.2 Å². The highest BCUT2D eigenvalue weighted by molar-refractivity contribution is 5.91. The first-order valence-electron chi connectivity index (χ1n) is 16.4. The van der Waals surface area contributed by atoms with E-state index in [4.69, 9.17) is 32.4 Å². The highest BCUT2D eigenvalue weighted by Gasteiger charge is 2.25. The van der Waals surface area contributed by atoms with E-state index in [-0.39, 0.29) is 38.8 Å². The van der Waals surface area contributed by atoms with Crippen LogP contribution in [0.25, 0.3) is 0 Å². The van der Waals surface area contributed by atoms with Gasteiger partial charge in [-0.05, 0) is 38.5 Å². The fourth-order valence-corrected chi connectivity index (χ4v) is 3.91. The molecule has 0 unspecified atom stereocenters. The van der Waals surface area contributed by atoms with Crippen molar-refractivity contribution in [2.45, 2.75) is 115 Å². The first-order valence-corrected chi connectivity index (χ1v) is 16.4. The maximum atomic E-state index is 12.8. The Kier molecular flexibility index (Phi) is 24.9. The number of amides is 4. The lowest BCUT2D eigenvalue weighted by Gasteiger charge is -2.20. The van der Waals surface area contributed by atoms with E-state index in [9.17, 15) is 28.8 Å². The molecule has 0 fully saturated rings. The number of nitrogens with two attached hydrogens (primary N) is 4. The Morgan fingerprint density at radius 3 is 1.26 bits per heavy atom. The maximum Gasteiger partial charge on any atom is 0.305 e. The van der Waals surface area contributed by atoms with Gasteiger partial charge >= 0.3 is 11.9 Å². The van der Waals surface area contributed by atoms with Crippen molar-refractivity contribution in [2.24, 2.45) is 22.9 Å². The van der Waals surface area contributed by atoms with Crippen LogP contribution in [0.2, 0.25) is 0 Å². The molecule has 0 aliphatic rings. The molecule has 0 aromatic heterocycles. The Hall–Kier alpha value is -3.34. The third-order valence-electron chi connectivity index (χ3n) is 6.95. The van der Waals surface area contributed by atoms with Gasteiger partial charge in [0.05, 0.1) is 25.3 Å². The van der Waals surface area contributed by atoms with Gasteiger partial charge in [0.1, 0.15) is 12.1 Å². The van der Waals surface area contributed by atoms with E-state index >= 15 is 0 Å². The molecule has 0 aromatic rings. The summed E-state index contributed by atoms with van der Waals surface area (Å²) in [5.41, 5.74) is 22.2. The number of carbonyl (C=O) groups is 6. The van der Waals surface area contributed by atoms with Crippen LogP contribution in [0, 0.1) is 0 Å². The van der Waals surface area contributed by atoms with Gasteiger partial charge in [0, 0.05) is 39.0 Å². The van der Waals surface area contributed by atoms with E-state index < -0.39 is 59.7 Å². The monoisotopic (exact) mass is 658 g/mol. The van der Waals surface area contributed by atoms with Crippen molar-refractivity contribution in [1.82, 2.24) is 21.3 Å². The topological polar surface area (TPSA) is 273 Å². The summed E-state index contributed by atoms with van der Waals surface area (Å²) >= 11 is 0. The Morgan fingerprint density at radius 1 is 0.565 bits per heavy atom. The molecule has 4 amide bonds. The number of rotatable bonds is 27. The quantitative estimate of drug-likeness (QED) is 0.0373. The van der Waals surface area contributed by atoms with Crippen LogP contribution in [0.3, 0.4) is 0 Å². The van der Waals surface area contributed by atoms with Gasteiger partial charge in [-0.25, -0.2) is 0 Å². The van der Waals surface area contributed by atoms with E-state index in [1.807, 2.05) is 13.8 Å². The second kappa shape index (κ2) is 26.8. The van der Waals surface area contributed by atoms with Crippen molar-refractivity contribution in [3.63, 3.8) is 0 Å². The summed E-state index contributed by atoms with van der Waals surface area (Å²) in [6, 6.07) is -3.89. The molecule has 0 saturated carbocycles. The molecule has 0 heterocycles. The van der Waals surface area contributed by atoms with Gasteiger partial charge in [-0.2, -0.15) is 0 Å². The van der Waals surface area contributed by atoms with Gasteiger partial charge in [0.15, 0.2) is 0 Å². The SMILES string of the molecule is CCCCOC(=O)CC[C@H](NC(=O)[C@@H](N)CN)C(=O)NCCCCCCNC(=O)[C@H](CCC(=O)OCCCC)NC(=O)[C@@H](N)CN. The third-order valence-corrected chi connectivity index (χ3v) is 6.95. The number of nitrogens with one attached hydrogen (secondary N) is 4. The molecule has 16 nitrogen and oxygen atoms in total. The standard InChI is InChI=1S/C30H58N8O8/c1-3-5-17-45-25(39)13-11-23(37-27(41)21(33)19-31)29(43)35-15-9-7-8-10-16-36-30(44)24(38-28(42)22(34)20-32)12-14-26(40)46-18-6-4-2/h21-24H,3-20,31-34H2,1-2H3,(H,35,43)(H,36,44)(H,37,41)(H,38,42)/t21-,22-,23-,24-/m0/s1. The molecule has 266 valence electrons. The first-order chi connectivity index (χ1) is 22.0. The van der Waals surface area contributed by atoms with E-state index in [0.29, 0.717) is 39.1 Å². The molecule has 12 N–H and O–H groups in total. The van der Waals surface area contributed by atoms with Crippen molar-refractivity contribution < 1.29 is 38.2 Å². The number of hydrogen-bond donors (Lipinski definition) is 8. The van der Waals surface area contributed by atoms with Gasteiger partial charge in [-0.3, -0.25) is 28.8 Å². The Balaban J connectivity index is 4.64. The second-order valence-electron chi connectivity index (χ2n) is 11.0. The minimum atomic E-state index is -0.977. The average molecular weight is 659 g/mol. The molecule has 0 rings (SSSR count). The van der Waals surface area contributed by atoms with Crippen LogP contribution in [-0.4, -0.2) is 99.1 Å². The molecule has 0 radical (unpaired) electrons. The Bertz CT molecular complexity index is 851. The van der Waals surface area contributed by atoms with Crippen molar-refractivity contribution in [1.29, 1.82) is 0 Å². The van der Waals surface area contributed by atoms with Gasteiger partial charge in [0.25, 0.3) is 0 Å². The zero-order valence-electron chi connectivity index (χ0n) is 27.6. The number of carbonyl (C=O) groups excluding carboxylic acids is 6. The summed E-state index contributed by atoms with van der Waals surface area (Å²) in [6.45, 7) is 5.05. The van der Waals surface area contributed by atoms with E-state index in [2.05, 4.69) is 21.3 Å². The smallest absolute Gasteiger partial charge is 0.305 e. The highest BCUT2D eigenvalue weighted by Crippen LogP contribution is 2.05. The predicted molar refractivity (Wildman–Crippen MR) is 173 cm³/mol. The van der Waals surface area contributed by atoms with E-state index in [0.717, 1.165) is 38.5 Å². The molecule has 0 bridgehead atoms. The summed E-state index contributed by atoms with van der Waals surface area (Å²) < 4.78 is 10.3. The molecule has 4 atom stereocenters. The van der Waals surface area contributed by atoms with Gasteiger partial charge in [0.2, 0.25) is 23.6 Å². The van der Waals surface area contributed by atoms with Crippen LogP contribution >= 0.6 is 0 Å². The predicted octanol–water partition coefficient (Wildman–Crippen LogP) is -1.43. The number of ether oxygens (including phenoxy) is 2. The summed E-state index contributed by atoms with van der Waals surface area (Å²) in [4.78, 5) is 74.0. The fourth-order valence-electron chi connectivity index (χ4n) is 3.91. The Labute approximate surface area is 272 Å². The van der Waals surface area contributed by atoms with E-state index in [1.165, 1.54) is 0 Å². The van der Waals surface area contributed by atoms with Gasteiger partial charge in [-0.1, -0.05) is 39.5 Å². The molecule has 0 aromatic carbocycles. The molecule has 0 aliphatic heterocycles. The summed E-state index contributed by atoms with van der Waals surface area (Å²) in [5.74, 6) is -2.95. The van der Waals surface area contributed by atoms with Crippen LogP contribution in [0.5, 0.6) is 0 Å². The normalized spacial score (nSPS) is 13.4. The van der Waals surface area contributed by atoms with Crippen molar-refractivity contribution in [3.8, 4) is 0 Å². The number of hydrogen-bond acceptors (Lipinski definition) is 12. The minimum absolute atomic E-state index is 0.0426. The van der Waals surface area contributed by atoms with Crippen molar-refractivity contribution >= 4 is 35.6 Å². The molecule has 0 saturated heterocycles. The lowest BCUT2D eigenvalue weighted by Crippen LogP contribution is -2.53. The van der Waals surface area contributed by atoms with Crippen LogP contribution in [0.1, 0.15) is 90.9 Å². The number of esters is 2. The van der Waals surface area contributed by atoms with E-state index in [1.54, 1.807) is 0 Å².